The number of anilines is 2. The van der Waals surface area contributed by atoms with Gasteiger partial charge in [0.1, 0.15) is 5.25 Å². The number of nitrogens with two attached hydrogens (primary N) is 1. The number of rotatable bonds is 5. The van der Waals surface area contributed by atoms with E-state index in [0.29, 0.717) is 5.69 Å². The number of hydrogen-bond acceptors (Lipinski definition) is 3. The number of nitrogen functional groups attached to an aromatic ring is 1. The van der Waals surface area contributed by atoms with Gasteiger partial charge in [0.25, 0.3) is 0 Å². The molecule has 3 aromatic rings. The minimum atomic E-state index is -0.363. The Morgan fingerprint density at radius 2 is 1.69 bits per heavy atom. The molecule has 3 rings (SSSR count). The molecule has 3 N–H and O–H groups in total. The average Bonchev–Trinajstić information content (AvgIpc) is 2.64. The maximum atomic E-state index is 13.1. The predicted molar refractivity (Wildman–Crippen MR) is 110 cm³/mol. The van der Waals surface area contributed by atoms with E-state index in [1.54, 1.807) is 0 Å². The van der Waals surface area contributed by atoms with Crippen LogP contribution in [0.3, 0.4) is 0 Å². The highest BCUT2D eigenvalue weighted by Crippen LogP contribution is 2.37. The summed E-state index contributed by atoms with van der Waals surface area (Å²) in [7, 11) is 0. The Hall–Kier alpha value is -2.72. The molecule has 0 aromatic heterocycles. The fourth-order valence-corrected chi connectivity index (χ4v) is 3.80. The van der Waals surface area contributed by atoms with Gasteiger partial charge in [0.2, 0.25) is 5.91 Å². The second kappa shape index (κ2) is 8.11. The summed E-state index contributed by atoms with van der Waals surface area (Å²) in [5, 5.41) is 2.73. The molecule has 0 radical (unpaired) electrons. The highest BCUT2D eigenvalue weighted by molar-refractivity contribution is 8.00. The van der Waals surface area contributed by atoms with E-state index in [4.69, 9.17) is 5.73 Å². The van der Waals surface area contributed by atoms with Crippen molar-refractivity contribution in [3.63, 3.8) is 0 Å². The molecule has 1 unspecified atom stereocenters. The van der Waals surface area contributed by atoms with Crippen molar-refractivity contribution in [3.05, 3.63) is 89.5 Å². The molecule has 1 atom stereocenters. The number of hydrogen-bond donors (Lipinski definition) is 2. The van der Waals surface area contributed by atoms with E-state index in [2.05, 4.69) is 5.32 Å². The molecule has 3 aromatic carbocycles. The van der Waals surface area contributed by atoms with Crippen molar-refractivity contribution < 1.29 is 4.79 Å². The largest absolute Gasteiger partial charge is 0.399 e. The van der Waals surface area contributed by atoms with Gasteiger partial charge in [0.15, 0.2) is 0 Å². The van der Waals surface area contributed by atoms with Crippen LogP contribution >= 0.6 is 11.8 Å². The monoisotopic (exact) mass is 362 g/mol. The molecule has 3 nitrogen and oxygen atoms in total. The first-order chi connectivity index (χ1) is 12.5. The average molecular weight is 362 g/mol. The van der Waals surface area contributed by atoms with E-state index < -0.39 is 0 Å². The summed E-state index contributed by atoms with van der Waals surface area (Å²) >= 11 is 1.50. The van der Waals surface area contributed by atoms with Crippen LogP contribution in [0.25, 0.3) is 0 Å². The van der Waals surface area contributed by atoms with Crippen molar-refractivity contribution in [2.45, 2.75) is 24.0 Å². The molecule has 0 spiro atoms. The fourth-order valence-electron chi connectivity index (χ4n) is 2.71. The molecular formula is C22H22N2OS. The molecule has 0 aliphatic heterocycles. The van der Waals surface area contributed by atoms with E-state index >= 15 is 0 Å². The van der Waals surface area contributed by atoms with Gasteiger partial charge >= 0.3 is 0 Å². The zero-order chi connectivity index (χ0) is 18.5. The van der Waals surface area contributed by atoms with E-state index in [9.17, 15) is 4.79 Å². The number of carbonyl (C=O) groups is 1. The lowest BCUT2D eigenvalue weighted by Crippen LogP contribution is -2.19. The Kier molecular flexibility index (Phi) is 5.64. The van der Waals surface area contributed by atoms with Crippen LogP contribution in [0.15, 0.2) is 77.7 Å². The second-order valence-corrected chi connectivity index (χ2v) is 7.40. The number of nitrogens with one attached hydrogen (secondary N) is 1. The van der Waals surface area contributed by atoms with E-state index in [1.807, 2.05) is 86.6 Å². The molecule has 0 aliphatic carbocycles. The lowest BCUT2D eigenvalue weighted by molar-refractivity contribution is -0.115. The summed E-state index contributed by atoms with van der Waals surface area (Å²) < 4.78 is 0. The SMILES string of the molecule is Cc1cccc(NC(=O)C(Sc2cccc(N)c2)c2ccccc2)c1C. The van der Waals surface area contributed by atoms with Crippen LogP contribution < -0.4 is 11.1 Å². The van der Waals surface area contributed by atoms with Gasteiger partial charge in [-0.2, -0.15) is 0 Å². The van der Waals surface area contributed by atoms with Crippen LogP contribution in [0.5, 0.6) is 0 Å². The van der Waals surface area contributed by atoms with Crippen molar-refractivity contribution in [1.82, 2.24) is 0 Å². The number of aryl methyl sites for hydroxylation is 1. The molecule has 0 aliphatic rings. The zero-order valence-electron chi connectivity index (χ0n) is 14.9. The third kappa shape index (κ3) is 4.27. The van der Waals surface area contributed by atoms with Gasteiger partial charge in [-0.1, -0.05) is 48.5 Å². The normalized spacial score (nSPS) is 11.8. The lowest BCUT2D eigenvalue weighted by Gasteiger charge is -2.18. The van der Waals surface area contributed by atoms with E-state index in [0.717, 1.165) is 27.3 Å². The predicted octanol–water partition coefficient (Wildman–Crippen LogP) is 5.36. The highest BCUT2D eigenvalue weighted by atomic mass is 32.2. The Labute approximate surface area is 158 Å². The van der Waals surface area contributed by atoms with Gasteiger partial charge in [-0.3, -0.25) is 4.79 Å². The first-order valence-electron chi connectivity index (χ1n) is 8.49. The second-order valence-electron chi connectivity index (χ2n) is 6.22. The number of benzene rings is 3. The van der Waals surface area contributed by atoms with Gasteiger partial charge in [-0.25, -0.2) is 0 Å². The van der Waals surface area contributed by atoms with Crippen molar-refractivity contribution in [3.8, 4) is 0 Å². The van der Waals surface area contributed by atoms with E-state index in [1.165, 1.54) is 11.8 Å². The number of amides is 1. The third-order valence-electron chi connectivity index (χ3n) is 4.31. The van der Waals surface area contributed by atoms with Crippen LogP contribution in [-0.4, -0.2) is 5.91 Å². The van der Waals surface area contributed by atoms with Crippen molar-refractivity contribution in [2.75, 3.05) is 11.1 Å². The lowest BCUT2D eigenvalue weighted by atomic mass is 10.1. The molecular weight excluding hydrogens is 340 g/mol. The van der Waals surface area contributed by atoms with Gasteiger partial charge in [0.05, 0.1) is 0 Å². The summed E-state index contributed by atoms with van der Waals surface area (Å²) in [5.41, 5.74) is 10.6. The summed E-state index contributed by atoms with van der Waals surface area (Å²) in [6.45, 7) is 4.06. The van der Waals surface area contributed by atoms with Crippen molar-refractivity contribution in [1.29, 1.82) is 0 Å². The van der Waals surface area contributed by atoms with Gasteiger partial charge in [-0.05, 0) is 54.8 Å². The zero-order valence-corrected chi connectivity index (χ0v) is 15.7. The van der Waals surface area contributed by atoms with Gasteiger partial charge < -0.3 is 11.1 Å². The Morgan fingerprint density at radius 3 is 2.42 bits per heavy atom. The number of thioether (sulfide) groups is 1. The van der Waals surface area contributed by atoms with E-state index in [-0.39, 0.29) is 11.2 Å². The van der Waals surface area contributed by atoms with Gasteiger partial charge in [-0.15, -0.1) is 11.8 Å². The van der Waals surface area contributed by atoms with Crippen molar-refractivity contribution in [2.24, 2.45) is 0 Å². The fraction of sp³-hybridized carbons (Fsp3) is 0.136. The Bertz CT molecular complexity index is 909. The standard InChI is InChI=1S/C22H22N2OS/c1-15-8-6-13-20(16(15)2)24-22(25)21(17-9-4-3-5-10-17)26-19-12-7-11-18(23)14-19/h3-14,21H,23H2,1-2H3,(H,24,25). The first kappa shape index (κ1) is 18.1. The quantitative estimate of drug-likeness (QED) is 0.475. The molecule has 132 valence electrons. The molecule has 0 saturated carbocycles. The first-order valence-corrected chi connectivity index (χ1v) is 9.37. The smallest absolute Gasteiger partial charge is 0.242 e. The molecule has 4 heteroatoms. The third-order valence-corrected chi connectivity index (χ3v) is 5.56. The molecule has 26 heavy (non-hydrogen) atoms. The summed E-state index contributed by atoms with van der Waals surface area (Å²) in [6, 6.07) is 23.4. The van der Waals surface area contributed by atoms with Crippen LogP contribution in [0.1, 0.15) is 21.9 Å². The van der Waals surface area contributed by atoms with Crippen LogP contribution in [0.4, 0.5) is 11.4 Å². The minimum absolute atomic E-state index is 0.0441. The molecule has 0 heterocycles. The Morgan fingerprint density at radius 1 is 0.962 bits per heavy atom. The summed E-state index contributed by atoms with van der Waals surface area (Å²) in [5.74, 6) is -0.0441. The number of carbonyl (C=O) groups excluding carboxylic acids is 1. The highest BCUT2D eigenvalue weighted by Gasteiger charge is 2.22. The van der Waals surface area contributed by atoms with Crippen LogP contribution in [-0.2, 0) is 4.79 Å². The van der Waals surface area contributed by atoms with Crippen LogP contribution in [0.2, 0.25) is 0 Å². The molecule has 1 amide bonds. The topological polar surface area (TPSA) is 55.1 Å². The molecule has 0 fully saturated rings. The maximum absolute atomic E-state index is 13.1. The maximum Gasteiger partial charge on any atom is 0.242 e. The summed E-state index contributed by atoms with van der Waals surface area (Å²) in [4.78, 5) is 14.1. The minimum Gasteiger partial charge on any atom is -0.399 e. The molecule has 0 bridgehead atoms. The summed E-state index contributed by atoms with van der Waals surface area (Å²) in [6.07, 6.45) is 0. The molecule has 0 saturated heterocycles. The van der Waals surface area contributed by atoms with Crippen molar-refractivity contribution >= 4 is 29.0 Å². The van der Waals surface area contributed by atoms with Crippen LogP contribution in [0, 0.1) is 13.8 Å². The Balaban J connectivity index is 1.90. The van der Waals surface area contributed by atoms with Gasteiger partial charge in [0, 0.05) is 16.3 Å².